The summed E-state index contributed by atoms with van der Waals surface area (Å²) in [5.74, 6) is -0.266. The number of carbonyl (C=O) groups excluding carboxylic acids is 1. The Labute approximate surface area is 109 Å². The number of hydrogen-bond acceptors (Lipinski definition) is 2. The first-order valence-electron chi connectivity index (χ1n) is 4.89. The second-order valence-electron chi connectivity index (χ2n) is 3.30. The molecule has 0 aliphatic heterocycles. The van der Waals surface area contributed by atoms with Crippen molar-refractivity contribution in [3.05, 3.63) is 59.6 Å². The largest absolute Gasteiger partial charge is 0.399 e. The Morgan fingerprint density at radius 3 is 2.71 bits per heavy atom. The number of carbonyl (C=O) groups is 1. The summed E-state index contributed by atoms with van der Waals surface area (Å²) in [5, 5.41) is 2.72. The molecule has 0 atom stereocenters. The lowest BCUT2D eigenvalue weighted by Crippen LogP contribution is -2.14. The van der Waals surface area contributed by atoms with Gasteiger partial charge in [-0.15, -0.1) is 0 Å². The van der Waals surface area contributed by atoms with Crippen LogP contribution in [0, 0.1) is 0 Å². The highest BCUT2D eigenvalue weighted by molar-refractivity contribution is 9.12. The normalized spacial score (nSPS) is 10.8. The Balaban J connectivity index is 2.88. The van der Waals surface area contributed by atoms with Gasteiger partial charge in [-0.2, -0.15) is 0 Å². The van der Waals surface area contributed by atoms with Crippen LogP contribution in [0.4, 0.5) is 11.4 Å². The van der Waals surface area contributed by atoms with Crippen LogP contribution < -0.4 is 11.1 Å². The predicted molar refractivity (Wildman–Crippen MR) is 75.8 cm³/mol. The van der Waals surface area contributed by atoms with Crippen LogP contribution in [0.2, 0.25) is 0 Å². The summed E-state index contributed by atoms with van der Waals surface area (Å²) >= 11 is 3.17. The van der Waals surface area contributed by atoms with Crippen molar-refractivity contribution in [1.29, 1.82) is 0 Å². The second-order valence-corrected chi connectivity index (χ2v) is 4.26. The number of nitrogens with one attached hydrogen (secondary N) is 1. The standard InChI is InChI=1S/C13H13BrN2O/c1-3-5-12(9(2)14)13(17)16-11-7-4-6-10(15)8-11/h3-8H,1-2,15H2,(H,16,17)/b12-5+. The molecule has 3 N–H and O–H groups in total. The van der Waals surface area contributed by atoms with Gasteiger partial charge in [-0.1, -0.05) is 41.2 Å². The third-order valence-electron chi connectivity index (χ3n) is 1.97. The van der Waals surface area contributed by atoms with Gasteiger partial charge in [0, 0.05) is 15.9 Å². The molecule has 0 aliphatic rings. The van der Waals surface area contributed by atoms with Gasteiger partial charge in [0.15, 0.2) is 0 Å². The van der Waals surface area contributed by atoms with Crippen LogP contribution in [0.1, 0.15) is 0 Å². The van der Waals surface area contributed by atoms with Gasteiger partial charge in [-0.25, -0.2) is 0 Å². The molecule has 1 aromatic rings. The van der Waals surface area contributed by atoms with Crippen molar-refractivity contribution in [2.75, 3.05) is 11.1 Å². The Hall–Kier alpha value is -1.81. The average molecular weight is 293 g/mol. The number of benzene rings is 1. The van der Waals surface area contributed by atoms with E-state index in [2.05, 4.69) is 34.4 Å². The van der Waals surface area contributed by atoms with E-state index in [9.17, 15) is 4.79 Å². The molecule has 0 radical (unpaired) electrons. The van der Waals surface area contributed by atoms with Crippen LogP contribution in [0.25, 0.3) is 0 Å². The lowest BCUT2D eigenvalue weighted by Gasteiger charge is -2.07. The van der Waals surface area contributed by atoms with E-state index in [0.29, 0.717) is 21.4 Å². The van der Waals surface area contributed by atoms with Gasteiger partial charge in [-0.05, 0) is 24.3 Å². The van der Waals surface area contributed by atoms with Crippen LogP contribution in [0.5, 0.6) is 0 Å². The minimum atomic E-state index is -0.266. The number of nitrogen functional groups attached to an aromatic ring is 1. The van der Waals surface area contributed by atoms with Crippen LogP contribution in [-0.2, 0) is 4.79 Å². The van der Waals surface area contributed by atoms with Gasteiger partial charge in [0.25, 0.3) is 5.91 Å². The highest BCUT2D eigenvalue weighted by atomic mass is 79.9. The van der Waals surface area contributed by atoms with E-state index in [1.54, 1.807) is 30.3 Å². The molecule has 3 nitrogen and oxygen atoms in total. The minimum absolute atomic E-state index is 0.266. The lowest BCUT2D eigenvalue weighted by molar-refractivity contribution is -0.112. The minimum Gasteiger partial charge on any atom is -0.399 e. The average Bonchev–Trinajstić information content (AvgIpc) is 2.25. The van der Waals surface area contributed by atoms with Gasteiger partial charge >= 0.3 is 0 Å². The lowest BCUT2D eigenvalue weighted by atomic mass is 10.2. The highest BCUT2D eigenvalue weighted by Crippen LogP contribution is 2.18. The topological polar surface area (TPSA) is 55.1 Å². The summed E-state index contributed by atoms with van der Waals surface area (Å²) in [4.78, 5) is 11.9. The fraction of sp³-hybridized carbons (Fsp3) is 0. The Kier molecular flexibility index (Phi) is 4.72. The highest BCUT2D eigenvalue weighted by Gasteiger charge is 2.10. The molecule has 0 aliphatic carbocycles. The summed E-state index contributed by atoms with van der Waals surface area (Å²) in [7, 11) is 0. The van der Waals surface area contributed by atoms with Crippen molar-refractivity contribution in [1.82, 2.24) is 0 Å². The zero-order valence-corrected chi connectivity index (χ0v) is 10.8. The first-order chi connectivity index (χ1) is 8.04. The molecule has 0 spiro atoms. The van der Waals surface area contributed by atoms with Crippen molar-refractivity contribution < 1.29 is 4.79 Å². The molecule has 4 heteroatoms. The van der Waals surface area contributed by atoms with Crippen molar-refractivity contribution in [3.63, 3.8) is 0 Å². The monoisotopic (exact) mass is 292 g/mol. The quantitative estimate of drug-likeness (QED) is 0.509. The van der Waals surface area contributed by atoms with Gasteiger partial charge < -0.3 is 11.1 Å². The van der Waals surface area contributed by atoms with Crippen molar-refractivity contribution in [3.8, 4) is 0 Å². The molecule has 0 heterocycles. The number of allylic oxidation sites excluding steroid dienone is 2. The van der Waals surface area contributed by atoms with E-state index in [4.69, 9.17) is 5.73 Å². The summed E-state index contributed by atoms with van der Waals surface area (Å²) in [6.45, 7) is 7.22. The first-order valence-corrected chi connectivity index (χ1v) is 5.68. The molecule has 0 unspecified atom stereocenters. The van der Waals surface area contributed by atoms with Crippen molar-refractivity contribution in [2.24, 2.45) is 0 Å². The Morgan fingerprint density at radius 1 is 1.47 bits per heavy atom. The molecule has 88 valence electrons. The molecule has 1 amide bonds. The molecule has 1 rings (SSSR count). The fourth-order valence-corrected chi connectivity index (χ4v) is 1.53. The van der Waals surface area contributed by atoms with Gasteiger partial charge in [0.1, 0.15) is 0 Å². The van der Waals surface area contributed by atoms with Crippen LogP contribution >= 0.6 is 15.9 Å². The zero-order valence-electron chi connectivity index (χ0n) is 9.24. The third-order valence-corrected chi connectivity index (χ3v) is 2.39. The molecule has 0 saturated carbocycles. The molecule has 17 heavy (non-hydrogen) atoms. The smallest absolute Gasteiger partial charge is 0.256 e. The maximum atomic E-state index is 11.9. The number of hydrogen-bond donors (Lipinski definition) is 2. The SMILES string of the molecule is C=C/C=C(\C(=C)Br)C(=O)Nc1cccc(N)c1. The summed E-state index contributed by atoms with van der Waals surface area (Å²) in [6.07, 6.45) is 3.11. The summed E-state index contributed by atoms with van der Waals surface area (Å²) < 4.78 is 0.499. The number of rotatable bonds is 4. The van der Waals surface area contributed by atoms with Gasteiger partial charge in [0.05, 0.1) is 5.57 Å². The van der Waals surface area contributed by atoms with E-state index in [1.807, 2.05) is 0 Å². The molecule has 1 aromatic carbocycles. The third kappa shape index (κ3) is 3.92. The van der Waals surface area contributed by atoms with Crippen molar-refractivity contribution in [2.45, 2.75) is 0 Å². The maximum absolute atomic E-state index is 11.9. The van der Waals surface area contributed by atoms with Gasteiger partial charge in [-0.3, -0.25) is 4.79 Å². The van der Waals surface area contributed by atoms with E-state index in [1.165, 1.54) is 6.08 Å². The van der Waals surface area contributed by atoms with E-state index in [-0.39, 0.29) is 5.91 Å². The first kappa shape index (κ1) is 13.3. The van der Waals surface area contributed by atoms with Crippen molar-refractivity contribution >= 4 is 33.2 Å². The maximum Gasteiger partial charge on any atom is 0.256 e. The van der Waals surface area contributed by atoms with Crippen LogP contribution in [0.3, 0.4) is 0 Å². The fourth-order valence-electron chi connectivity index (χ4n) is 1.22. The number of amides is 1. The number of nitrogens with two attached hydrogens (primary N) is 1. The Bertz CT molecular complexity index is 492. The van der Waals surface area contributed by atoms with Crippen LogP contribution in [-0.4, -0.2) is 5.91 Å². The van der Waals surface area contributed by atoms with Crippen LogP contribution in [0.15, 0.2) is 59.6 Å². The molecule has 0 aromatic heterocycles. The Morgan fingerprint density at radius 2 is 2.18 bits per heavy atom. The molecular formula is C13H13BrN2O. The molecular weight excluding hydrogens is 280 g/mol. The van der Waals surface area contributed by atoms with E-state index < -0.39 is 0 Å². The molecule has 0 fully saturated rings. The molecule has 0 bridgehead atoms. The predicted octanol–water partition coefficient (Wildman–Crippen LogP) is 3.23. The zero-order chi connectivity index (χ0) is 12.8. The number of halogens is 1. The molecule has 0 saturated heterocycles. The van der Waals surface area contributed by atoms with E-state index in [0.717, 1.165) is 0 Å². The summed E-state index contributed by atoms with van der Waals surface area (Å²) in [5.41, 5.74) is 7.27. The second kappa shape index (κ2) is 6.06. The summed E-state index contributed by atoms with van der Waals surface area (Å²) in [6, 6.07) is 6.96. The van der Waals surface area contributed by atoms with Gasteiger partial charge in [0.2, 0.25) is 0 Å². The van der Waals surface area contributed by atoms with E-state index >= 15 is 0 Å². The number of anilines is 2.